The minimum atomic E-state index is -5.03. The molecule has 1 aliphatic carbocycles. The maximum Gasteiger partial charge on any atom is 0.472 e. The van der Waals surface area contributed by atoms with Gasteiger partial charge >= 0.3 is 13.8 Å². The molecule has 1 rings (SSSR count). The van der Waals surface area contributed by atoms with Gasteiger partial charge in [0.15, 0.2) is 0 Å². The summed E-state index contributed by atoms with van der Waals surface area (Å²) in [7, 11) is -5.03. The summed E-state index contributed by atoms with van der Waals surface area (Å²) in [6.07, 6.45) is 47.8. The van der Waals surface area contributed by atoms with E-state index in [0.717, 1.165) is 116 Å². The van der Waals surface area contributed by atoms with Crippen molar-refractivity contribution in [2.75, 3.05) is 19.8 Å². The summed E-state index contributed by atoms with van der Waals surface area (Å²) >= 11 is 0. The molecule has 0 bridgehead atoms. The number of hydrogen-bond acceptors (Lipinski definition) is 11. The molecule has 6 N–H and O–H groups in total. The number of unbranched alkanes of at least 4 members (excludes halogenated alkanes) is 18. The van der Waals surface area contributed by atoms with Gasteiger partial charge in [-0.2, -0.15) is 0 Å². The van der Waals surface area contributed by atoms with E-state index in [-0.39, 0.29) is 13.0 Å². The summed E-state index contributed by atoms with van der Waals surface area (Å²) in [5.74, 6) is -0.493. The maximum atomic E-state index is 12.9. The summed E-state index contributed by atoms with van der Waals surface area (Å²) in [5, 5.41) is 50.3. The lowest BCUT2D eigenvalue weighted by molar-refractivity contribution is -0.220. The van der Waals surface area contributed by atoms with E-state index in [4.69, 9.17) is 18.5 Å². The lowest BCUT2D eigenvalue weighted by Crippen LogP contribution is -2.64. The fourth-order valence-corrected chi connectivity index (χ4v) is 8.56. The minimum absolute atomic E-state index is 0.0899. The predicted octanol–water partition coefficient (Wildman–Crippen LogP) is 12.1. The number of rotatable bonds is 44. The largest absolute Gasteiger partial charge is 0.472 e. The van der Waals surface area contributed by atoms with Gasteiger partial charge in [0.1, 0.15) is 42.7 Å². The normalized spacial score (nSPS) is 21.8. The van der Waals surface area contributed by atoms with Crippen LogP contribution in [-0.4, -0.2) is 98.9 Å². The van der Waals surface area contributed by atoms with Crippen LogP contribution in [0.2, 0.25) is 0 Å². The van der Waals surface area contributed by atoms with Gasteiger partial charge < -0.3 is 39.9 Å². The highest BCUT2D eigenvalue weighted by Crippen LogP contribution is 2.47. The van der Waals surface area contributed by atoms with Crippen molar-refractivity contribution >= 4 is 13.8 Å². The SMILES string of the molecule is CC/C=C\C/C=C\C/C=C\C/C=C\C/C=C\CCCCCCCCCC(=O)OC(COCCCCCCCCCC/C=C\C/C=C\CCCCC)COP(=O)(O)OC1C(O)C(O)C(O)C(O)C1O. The van der Waals surface area contributed by atoms with Gasteiger partial charge in [0.2, 0.25) is 0 Å². The monoisotopic (exact) mass is 979 g/mol. The van der Waals surface area contributed by atoms with Gasteiger partial charge in [-0.05, 0) is 89.9 Å². The van der Waals surface area contributed by atoms with E-state index in [9.17, 15) is 39.8 Å². The molecule has 13 heteroatoms. The standard InChI is InChI=1S/C55H95O12P/c1-3-5-7-9-11-13-15-17-19-21-23-24-25-26-27-28-30-32-34-36-38-40-42-44-49(56)66-48(47-65-68(62,63)67-55-53(60)51(58)50(57)52(59)54(55)61)46-64-45-43-41-39-37-35-33-31-29-22-20-18-16-14-12-10-8-6-4-2/h5,7,11-14,17-20,23-24,26-27,48,50-55,57-61H,3-4,6,8-10,15-16,21-22,25,28-47H2,1-2H3,(H,62,63)/b7-5-,13-11-,14-12-,19-17-,20-18-,24-23-,27-26-. The molecule has 1 aliphatic rings. The Balaban J connectivity index is 2.35. The van der Waals surface area contributed by atoms with E-state index in [1.165, 1.54) is 51.4 Å². The number of phosphoric acid groups is 1. The highest BCUT2D eigenvalue weighted by Gasteiger charge is 2.51. The van der Waals surface area contributed by atoms with Crippen LogP contribution in [0, 0.1) is 0 Å². The van der Waals surface area contributed by atoms with Crippen LogP contribution in [0.4, 0.5) is 0 Å². The van der Waals surface area contributed by atoms with E-state index in [2.05, 4.69) is 98.9 Å². The van der Waals surface area contributed by atoms with Crippen LogP contribution in [-0.2, 0) is 27.9 Å². The van der Waals surface area contributed by atoms with Gasteiger partial charge in [-0.1, -0.05) is 182 Å². The van der Waals surface area contributed by atoms with Crippen molar-refractivity contribution in [2.24, 2.45) is 0 Å². The second-order valence-electron chi connectivity index (χ2n) is 18.0. The Morgan fingerprint density at radius 2 is 0.868 bits per heavy atom. The summed E-state index contributed by atoms with van der Waals surface area (Å²) < 4.78 is 34.3. The van der Waals surface area contributed by atoms with Crippen molar-refractivity contribution < 1.29 is 58.3 Å². The molecule has 0 aromatic heterocycles. The topological polar surface area (TPSA) is 192 Å². The van der Waals surface area contributed by atoms with Crippen LogP contribution in [0.5, 0.6) is 0 Å². The van der Waals surface area contributed by atoms with Crippen LogP contribution in [0.1, 0.15) is 194 Å². The first kappa shape index (κ1) is 63.5. The van der Waals surface area contributed by atoms with Crippen LogP contribution >= 0.6 is 7.82 Å². The molecule has 0 aromatic carbocycles. The number of phosphoric ester groups is 1. The zero-order valence-corrected chi connectivity index (χ0v) is 43.0. The lowest BCUT2D eigenvalue weighted by Gasteiger charge is -2.41. The average molecular weight is 979 g/mol. The first-order valence-electron chi connectivity index (χ1n) is 26.4. The molecular formula is C55H95O12P. The number of aliphatic hydroxyl groups excluding tert-OH is 5. The minimum Gasteiger partial charge on any atom is -0.457 e. The predicted molar refractivity (Wildman–Crippen MR) is 276 cm³/mol. The summed E-state index contributed by atoms with van der Waals surface area (Å²) in [6.45, 7) is 4.10. The van der Waals surface area contributed by atoms with Gasteiger partial charge in [0.25, 0.3) is 0 Å². The van der Waals surface area contributed by atoms with E-state index >= 15 is 0 Å². The molecule has 1 fully saturated rings. The Morgan fingerprint density at radius 3 is 1.32 bits per heavy atom. The maximum absolute atomic E-state index is 12.9. The van der Waals surface area contributed by atoms with Crippen LogP contribution in [0.3, 0.4) is 0 Å². The Bertz CT molecular complexity index is 1440. The second kappa shape index (κ2) is 44.5. The van der Waals surface area contributed by atoms with Gasteiger partial charge in [-0.15, -0.1) is 0 Å². The molecule has 68 heavy (non-hydrogen) atoms. The van der Waals surface area contributed by atoms with Crippen molar-refractivity contribution in [3.8, 4) is 0 Å². The van der Waals surface area contributed by atoms with Crippen molar-refractivity contribution in [3.63, 3.8) is 0 Å². The first-order valence-corrected chi connectivity index (χ1v) is 27.9. The number of carbonyl (C=O) groups is 1. The van der Waals surface area contributed by atoms with Gasteiger partial charge in [-0.25, -0.2) is 4.57 Å². The zero-order valence-electron chi connectivity index (χ0n) is 42.1. The second-order valence-corrected chi connectivity index (χ2v) is 19.4. The van der Waals surface area contributed by atoms with E-state index in [1.807, 2.05) is 0 Å². The fraction of sp³-hybridized carbons (Fsp3) is 0.727. The Labute approximate surface area is 412 Å². The number of esters is 1. The lowest BCUT2D eigenvalue weighted by atomic mass is 9.85. The molecule has 6 atom stereocenters. The highest BCUT2D eigenvalue weighted by atomic mass is 31.2. The molecule has 0 aliphatic heterocycles. The van der Waals surface area contributed by atoms with Crippen LogP contribution in [0.25, 0.3) is 0 Å². The number of ether oxygens (including phenoxy) is 2. The third-order valence-electron chi connectivity index (χ3n) is 11.8. The summed E-state index contributed by atoms with van der Waals surface area (Å²) in [5.41, 5.74) is 0. The van der Waals surface area contributed by atoms with Crippen molar-refractivity contribution in [1.29, 1.82) is 0 Å². The molecule has 0 saturated heterocycles. The van der Waals surface area contributed by atoms with Gasteiger partial charge in [0, 0.05) is 13.0 Å². The molecule has 1 saturated carbocycles. The molecule has 6 unspecified atom stereocenters. The molecule has 12 nitrogen and oxygen atoms in total. The highest BCUT2D eigenvalue weighted by molar-refractivity contribution is 7.47. The third kappa shape index (κ3) is 35.6. The molecule has 0 radical (unpaired) electrons. The first-order chi connectivity index (χ1) is 33.0. The molecule has 0 aromatic rings. The molecular weight excluding hydrogens is 884 g/mol. The summed E-state index contributed by atoms with van der Waals surface area (Å²) in [6, 6.07) is 0. The average Bonchev–Trinajstić information content (AvgIpc) is 3.32. The number of allylic oxidation sites excluding steroid dienone is 14. The van der Waals surface area contributed by atoms with Gasteiger partial charge in [0.05, 0.1) is 13.2 Å². The number of carbonyl (C=O) groups excluding carboxylic acids is 1. The summed E-state index contributed by atoms with van der Waals surface area (Å²) in [4.78, 5) is 23.3. The number of aliphatic hydroxyl groups is 5. The number of hydrogen-bond donors (Lipinski definition) is 6. The van der Waals surface area contributed by atoms with Crippen molar-refractivity contribution in [2.45, 2.75) is 236 Å². The molecule has 0 heterocycles. The van der Waals surface area contributed by atoms with E-state index in [0.29, 0.717) is 13.0 Å². The molecule has 0 amide bonds. The van der Waals surface area contributed by atoms with Crippen LogP contribution < -0.4 is 0 Å². The quantitative estimate of drug-likeness (QED) is 0.0147. The van der Waals surface area contributed by atoms with E-state index < -0.39 is 63.1 Å². The Kier molecular flexibility index (Phi) is 41.5. The van der Waals surface area contributed by atoms with Crippen molar-refractivity contribution in [3.05, 3.63) is 85.1 Å². The zero-order chi connectivity index (χ0) is 49.8. The van der Waals surface area contributed by atoms with Crippen molar-refractivity contribution in [1.82, 2.24) is 0 Å². The Hall–Kier alpha value is -2.48. The van der Waals surface area contributed by atoms with Crippen LogP contribution in [0.15, 0.2) is 85.1 Å². The third-order valence-corrected chi connectivity index (χ3v) is 12.7. The molecule has 0 spiro atoms. The smallest absolute Gasteiger partial charge is 0.457 e. The molecule has 392 valence electrons. The fourth-order valence-electron chi connectivity index (χ4n) is 7.59. The van der Waals surface area contributed by atoms with Gasteiger partial charge in [-0.3, -0.25) is 13.8 Å². The Morgan fingerprint density at radius 1 is 0.485 bits per heavy atom. The van der Waals surface area contributed by atoms with E-state index in [1.54, 1.807) is 0 Å².